The number of rotatable bonds is 7. The third kappa shape index (κ3) is 3.61. The maximum atomic E-state index is 10.9. The molecule has 0 spiro atoms. The summed E-state index contributed by atoms with van der Waals surface area (Å²) in [5.41, 5.74) is 2.80. The predicted octanol–water partition coefficient (Wildman–Crippen LogP) is 4.92. The van der Waals surface area contributed by atoms with Crippen molar-refractivity contribution in [2.24, 2.45) is 5.41 Å². The zero-order valence-corrected chi connectivity index (χ0v) is 15.7. The molecule has 134 valence electrons. The standard InChI is InChI=1S/C21H32O3/c1-6-7-14(2)8-10-20(5)13-21(20,24)11-9-17-12-18(22)15(3)16(4)19(17)23/h8,12,22-24H,6-7,9-11,13H2,1-5H3/b14-8+. The highest BCUT2D eigenvalue weighted by Crippen LogP contribution is 2.61. The maximum absolute atomic E-state index is 10.9. The summed E-state index contributed by atoms with van der Waals surface area (Å²) < 4.78 is 0. The van der Waals surface area contributed by atoms with Gasteiger partial charge in [-0.1, -0.05) is 31.9 Å². The lowest BCUT2D eigenvalue weighted by Gasteiger charge is -2.18. The lowest BCUT2D eigenvalue weighted by Crippen LogP contribution is -2.18. The minimum atomic E-state index is -0.670. The number of aromatic hydroxyl groups is 2. The van der Waals surface area contributed by atoms with Crippen LogP contribution < -0.4 is 0 Å². The molecule has 1 aliphatic carbocycles. The molecule has 0 aromatic heterocycles. The molecule has 0 bridgehead atoms. The van der Waals surface area contributed by atoms with Gasteiger partial charge in [-0.15, -0.1) is 0 Å². The Kier molecular flexibility index (Phi) is 5.34. The lowest BCUT2D eigenvalue weighted by molar-refractivity contribution is 0.0948. The van der Waals surface area contributed by atoms with Crippen LogP contribution in [0.2, 0.25) is 0 Å². The number of benzene rings is 1. The van der Waals surface area contributed by atoms with Gasteiger partial charge in [0.1, 0.15) is 11.5 Å². The van der Waals surface area contributed by atoms with Crippen molar-refractivity contribution in [2.45, 2.75) is 78.7 Å². The van der Waals surface area contributed by atoms with Gasteiger partial charge in [-0.3, -0.25) is 0 Å². The first-order valence-electron chi connectivity index (χ1n) is 9.02. The molecule has 3 N–H and O–H groups in total. The smallest absolute Gasteiger partial charge is 0.122 e. The van der Waals surface area contributed by atoms with Crippen LogP contribution in [-0.4, -0.2) is 20.9 Å². The first kappa shape index (κ1) is 18.9. The molecule has 1 saturated carbocycles. The highest BCUT2D eigenvalue weighted by atomic mass is 16.3. The molecule has 2 rings (SSSR count). The third-order valence-corrected chi connectivity index (χ3v) is 5.95. The van der Waals surface area contributed by atoms with Gasteiger partial charge in [-0.25, -0.2) is 0 Å². The molecule has 24 heavy (non-hydrogen) atoms. The van der Waals surface area contributed by atoms with E-state index in [1.165, 1.54) is 5.57 Å². The topological polar surface area (TPSA) is 60.7 Å². The van der Waals surface area contributed by atoms with Crippen molar-refractivity contribution in [1.29, 1.82) is 0 Å². The summed E-state index contributed by atoms with van der Waals surface area (Å²) in [6.07, 6.45) is 7.42. The Hall–Kier alpha value is -1.48. The zero-order chi connectivity index (χ0) is 18.1. The SMILES string of the molecule is CCC/C(C)=C/CC1(C)CC1(O)CCc1cc(O)c(C)c(C)c1O. The van der Waals surface area contributed by atoms with E-state index in [1.54, 1.807) is 13.0 Å². The number of hydrogen-bond donors (Lipinski definition) is 3. The van der Waals surface area contributed by atoms with E-state index in [0.29, 0.717) is 24.0 Å². The molecule has 0 amide bonds. The monoisotopic (exact) mass is 332 g/mol. The highest BCUT2D eigenvalue weighted by Gasteiger charge is 2.61. The van der Waals surface area contributed by atoms with Gasteiger partial charge in [-0.2, -0.15) is 0 Å². The molecule has 2 atom stereocenters. The van der Waals surface area contributed by atoms with E-state index in [2.05, 4.69) is 26.8 Å². The fourth-order valence-corrected chi connectivity index (χ4v) is 3.63. The molecule has 3 nitrogen and oxygen atoms in total. The molecule has 1 aromatic rings. The molecule has 3 heteroatoms. The largest absolute Gasteiger partial charge is 0.508 e. The van der Waals surface area contributed by atoms with Crippen LogP contribution in [0.3, 0.4) is 0 Å². The second-order valence-corrected chi connectivity index (χ2v) is 7.93. The molecule has 0 aliphatic heterocycles. The zero-order valence-electron chi connectivity index (χ0n) is 15.7. The number of phenols is 2. The van der Waals surface area contributed by atoms with Crippen molar-refractivity contribution in [1.82, 2.24) is 0 Å². The van der Waals surface area contributed by atoms with Gasteiger partial charge in [0.05, 0.1) is 5.60 Å². The fraction of sp³-hybridized carbons (Fsp3) is 0.619. The first-order valence-corrected chi connectivity index (χ1v) is 9.02. The fourth-order valence-electron chi connectivity index (χ4n) is 3.63. The van der Waals surface area contributed by atoms with Gasteiger partial charge >= 0.3 is 0 Å². The minimum absolute atomic E-state index is 0.0700. The van der Waals surface area contributed by atoms with Crippen LogP contribution in [0, 0.1) is 19.3 Å². The molecule has 1 fully saturated rings. The van der Waals surface area contributed by atoms with Crippen molar-refractivity contribution in [2.75, 3.05) is 0 Å². The third-order valence-electron chi connectivity index (χ3n) is 5.95. The predicted molar refractivity (Wildman–Crippen MR) is 98.5 cm³/mol. The van der Waals surface area contributed by atoms with Gasteiger partial charge in [0.25, 0.3) is 0 Å². The molecule has 0 saturated heterocycles. The Morgan fingerprint density at radius 3 is 2.54 bits per heavy atom. The Labute approximate surface area is 146 Å². The number of aliphatic hydroxyl groups is 1. The second kappa shape index (κ2) is 6.79. The van der Waals surface area contributed by atoms with Crippen LogP contribution in [0.15, 0.2) is 17.7 Å². The summed E-state index contributed by atoms with van der Waals surface area (Å²) in [4.78, 5) is 0. The van der Waals surface area contributed by atoms with E-state index in [1.807, 2.05) is 6.92 Å². The minimum Gasteiger partial charge on any atom is -0.508 e. The average Bonchev–Trinajstić information content (AvgIpc) is 3.08. The lowest BCUT2D eigenvalue weighted by atomic mass is 9.92. The first-order chi connectivity index (χ1) is 11.1. The number of hydrogen-bond acceptors (Lipinski definition) is 3. The van der Waals surface area contributed by atoms with Gasteiger partial charge in [-0.05, 0) is 75.6 Å². The van der Waals surface area contributed by atoms with Crippen molar-refractivity contribution < 1.29 is 15.3 Å². The van der Waals surface area contributed by atoms with Crippen LogP contribution >= 0.6 is 0 Å². The van der Waals surface area contributed by atoms with Crippen LogP contribution in [0.5, 0.6) is 11.5 Å². The molecule has 2 unspecified atom stereocenters. The summed E-state index contributed by atoms with van der Waals surface area (Å²) in [6.45, 7) is 10.1. The van der Waals surface area contributed by atoms with E-state index >= 15 is 0 Å². The van der Waals surface area contributed by atoms with Crippen molar-refractivity contribution in [3.8, 4) is 11.5 Å². The van der Waals surface area contributed by atoms with E-state index in [4.69, 9.17) is 0 Å². The Morgan fingerprint density at radius 1 is 1.25 bits per heavy atom. The quantitative estimate of drug-likeness (QED) is 0.490. The van der Waals surface area contributed by atoms with E-state index < -0.39 is 5.60 Å². The maximum Gasteiger partial charge on any atom is 0.122 e. The van der Waals surface area contributed by atoms with Crippen molar-refractivity contribution in [3.63, 3.8) is 0 Å². The second-order valence-electron chi connectivity index (χ2n) is 7.93. The number of phenolic OH excluding ortho intramolecular Hbond substituents is 2. The summed E-state index contributed by atoms with van der Waals surface area (Å²) >= 11 is 0. The van der Waals surface area contributed by atoms with Crippen LogP contribution in [0.1, 0.15) is 69.6 Å². The summed E-state index contributed by atoms with van der Waals surface area (Å²) in [7, 11) is 0. The molecular weight excluding hydrogens is 300 g/mol. The van der Waals surface area contributed by atoms with Gasteiger partial charge < -0.3 is 15.3 Å². The van der Waals surface area contributed by atoms with Gasteiger partial charge in [0, 0.05) is 5.41 Å². The van der Waals surface area contributed by atoms with Crippen LogP contribution in [0.4, 0.5) is 0 Å². The Bertz CT molecular complexity index is 647. The Morgan fingerprint density at radius 2 is 1.92 bits per heavy atom. The summed E-state index contributed by atoms with van der Waals surface area (Å²) in [5.74, 6) is 0.457. The van der Waals surface area contributed by atoms with Crippen LogP contribution in [0.25, 0.3) is 0 Å². The normalized spacial score (nSPS) is 26.7. The summed E-state index contributed by atoms with van der Waals surface area (Å²) in [6, 6.07) is 1.63. The molecule has 0 heterocycles. The van der Waals surface area contributed by atoms with Crippen molar-refractivity contribution >= 4 is 0 Å². The molecular formula is C21H32O3. The number of aryl methyl sites for hydroxylation is 1. The van der Waals surface area contributed by atoms with Crippen LogP contribution in [-0.2, 0) is 6.42 Å². The van der Waals surface area contributed by atoms with Crippen molar-refractivity contribution in [3.05, 3.63) is 34.4 Å². The van der Waals surface area contributed by atoms with E-state index in [9.17, 15) is 15.3 Å². The summed E-state index contributed by atoms with van der Waals surface area (Å²) in [5, 5.41) is 31.1. The Balaban J connectivity index is 2.02. The van der Waals surface area contributed by atoms with E-state index in [0.717, 1.165) is 31.2 Å². The van der Waals surface area contributed by atoms with E-state index in [-0.39, 0.29) is 16.9 Å². The van der Waals surface area contributed by atoms with Gasteiger partial charge in [0.15, 0.2) is 0 Å². The average molecular weight is 332 g/mol. The molecule has 1 aliphatic rings. The number of allylic oxidation sites excluding steroid dienone is 2. The molecule has 0 radical (unpaired) electrons. The molecule has 1 aromatic carbocycles. The highest BCUT2D eigenvalue weighted by molar-refractivity contribution is 5.51. The van der Waals surface area contributed by atoms with Gasteiger partial charge in [0.2, 0.25) is 0 Å².